The summed E-state index contributed by atoms with van der Waals surface area (Å²) >= 11 is 0. The maximum absolute atomic E-state index is 12.3. The van der Waals surface area contributed by atoms with Gasteiger partial charge in [0.15, 0.2) is 0 Å². The second-order valence-electron chi connectivity index (χ2n) is 5.60. The number of methoxy groups -OCH3 is 1. The number of piperidine rings is 1. The first-order valence-electron chi connectivity index (χ1n) is 7.00. The number of ether oxygens (including phenoxy) is 1. The number of hydrogen-bond acceptors (Lipinski definition) is 3. The molecule has 0 aromatic heterocycles. The molecule has 1 N–H and O–H groups in total. The molecule has 0 bridgehead atoms. The Labute approximate surface area is 115 Å². The highest BCUT2D eigenvalue weighted by Crippen LogP contribution is 2.35. The third-order valence-corrected chi connectivity index (χ3v) is 4.16. The summed E-state index contributed by atoms with van der Waals surface area (Å²) in [5.41, 5.74) is 1.93. The van der Waals surface area contributed by atoms with Crippen LogP contribution in [0.4, 0.5) is 0 Å². The van der Waals surface area contributed by atoms with Gasteiger partial charge in [-0.05, 0) is 43.0 Å². The molecule has 0 spiro atoms. The molecule has 104 valence electrons. The van der Waals surface area contributed by atoms with Crippen LogP contribution in [0.3, 0.4) is 0 Å². The van der Waals surface area contributed by atoms with Crippen LogP contribution in [-0.2, 0) is 14.9 Å². The van der Waals surface area contributed by atoms with Gasteiger partial charge in [0.2, 0.25) is 0 Å². The Bertz CT molecular complexity index is 431. The largest absolute Gasteiger partial charge is 0.468 e. The molecular formula is C16H23NO2. The summed E-state index contributed by atoms with van der Waals surface area (Å²) in [6.07, 6.45) is 1.61. The lowest BCUT2D eigenvalue weighted by Gasteiger charge is -2.35. The maximum atomic E-state index is 12.3. The van der Waals surface area contributed by atoms with Crippen molar-refractivity contribution in [3.8, 4) is 0 Å². The zero-order valence-corrected chi connectivity index (χ0v) is 12.0. The van der Waals surface area contributed by atoms with Crippen LogP contribution >= 0.6 is 0 Å². The molecule has 1 saturated heterocycles. The number of esters is 1. The van der Waals surface area contributed by atoms with Gasteiger partial charge >= 0.3 is 5.97 Å². The van der Waals surface area contributed by atoms with Crippen LogP contribution in [0.15, 0.2) is 24.3 Å². The average Bonchev–Trinajstić information content (AvgIpc) is 2.47. The summed E-state index contributed by atoms with van der Waals surface area (Å²) in [5, 5.41) is 3.31. The molecule has 0 aliphatic carbocycles. The molecule has 0 radical (unpaired) electrons. The zero-order valence-electron chi connectivity index (χ0n) is 12.0. The van der Waals surface area contributed by atoms with E-state index in [0.717, 1.165) is 31.5 Å². The second kappa shape index (κ2) is 5.74. The molecule has 1 aromatic carbocycles. The summed E-state index contributed by atoms with van der Waals surface area (Å²) in [6, 6.07) is 8.45. The van der Waals surface area contributed by atoms with E-state index < -0.39 is 5.41 Å². The van der Waals surface area contributed by atoms with Gasteiger partial charge in [0.1, 0.15) is 0 Å². The molecular weight excluding hydrogens is 238 g/mol. The molecule has 0 amide bonds. The third kappa shape index (κ3) is 2.66. The molecule has 0 atom stereocenters. The normalized spacial score (nSPS) is 18.3. The molecule has 0 unspecified atom stereocenters. The highest BCUT2D eigenvalue weighted by atomic mass is 16.5. The van der Waals surface area contributed by atoms with Crippen molar-refractivity contribution >= 4 is 5.97 Å². The Morgan fingerprint density at radius 3 is 2.26 bits per heavy atom. The summed E-state index contributed by atoms with van der Waals surface area (Å²) in [4.78, 5) is 12.3. The molecule has 19 heavy (non-hydrogen) atoms. The first kappa shape index (κ1) is 14.1. The summed E-state index contributed by atoms with van der Waals surface area (Å²) in [7, 11) is 1.48. The zero-order chi connectivity index (χ0) is 13.9. The van der Waals surface area contributed by atoms with Crippen molar-refractivity contribution in [1.29, 1.82) is 0 Å². The summed E-state index contributed by atoms with van der Waals surface area (Å²) in [6.45, 7) is 6.08. The van der Waals surface area contributed by atoms with Gasteiger partial charge in [-0.25, -0.2) is 0 Å². The second-order valence-corrected chi connectivity index (χ2v) is 5.60. The minimum Gasteiger partial charge on any atom is -0.468 e. The lowest BCUT2D eigenvalue weighted by molar-refractivity contribution is -0.148. The molecule has 0 saturated carbocycles. The van der Waals surface area contributed by atoms with E-state index in [1.807, 2.05) is 0 Å². The van der Waals surface area contributed by atoms with E-state index in [1.54, 1.807) is 0 Å². The molecule has 3 nitrogen and oxygen atoms in total. The molecule has 1 aromatic rings. The van der Waals surface area contributed by atoms with Crippen molar-refractivity contribution in [2.75, 3.05) is 20.2 Å². The van der Waals surface area contributed by atoms with Crippen molar-refractivity contribution < 1.29 is 9.53 Å². The monoisotopic (exact) mass is 261 g/mol. The van der Waals surface area contributed by atoms with Crippen LogP contribution in [0.25, 0.3) is 0 Å². The topological polar surface area (TPSA) is 38.3 Å². The van der Waals surface area contributed by atoms with E-state index >= 15 is 0 Å². The fourth-order valence-electron chi connectivity index (χ4n) is 2.85. The van der Waals surface area contributed by atoms with E-state index in [2.05, 4.69) is 43.4 Å². The number of benzene rings is 1. The van der Waals surface area contributed by atoms with Gasteiger partial charge in [-0.3, -0.25) is 4.79 Å². The van der Waals surface area contributed by atoms with Gasteiger partial charge in [-0.2, -0.15) is 0 Å². The van der Waals surface area contributed by atoms with Crippen LogP contribution in [0.5, 0.6) is 0 Å². The van der Waals surface area contributed by atoms with E-state index in [0.29, 0.717) is 5.92 Å². The quantitative estimate of drug-likeness (QED) is 0.850. The Morgan fingerprint density at radius 1 is 1.21 bits per heavy atom. The Morgan fingerprint density at radius 2 is 1.79 bits per heavy atom. The van der Waals surface area contributed by atoms with Crippen LogP contribution < -0.4 is 5.32 Å². The first-order chi connectivity index (χ1) is 9.10. The number of carbonyl (C=O) groups excluding carboxylic acids is 1. The summed E-state index contributed by atoms with van der Waals surface area (Å²) < 4.78 is 5.06. The van der Waals surface area contributed by atoms with Gasteiger partial charge in [0.25, 0.3) is 0 Å². The SMILES string of the molecule is COC(=O)C1(c2ccc(C(C)C)cc2)CCNCC1. The smallest absolute Gasteiger partial charge is 0.316 e. The average molecular weight is 261 g/mol. The molecule has 1 fully saturated rings. The van der Waals surface area contributed by atoms with Crippen LogP contribution in [0, 0.1) is 0 Å². The fraction of sp³-hybridized carbons (Fsp3) is 0.562. The molecule has 1 aliphatic rings. The highest BCUT2D eigenvalue weighted by molar-refractivity contribution is 5.83. The number of nitrogens with one attached hydrogen (secondary N) is 1. The van der Waals surface area contributed by atoms with E-state index in [9.17, 15) is 4.79 Å². The van der Waals surface area contributed by atoms with Crippen molar-refractivity contribution in [2.24, 2.45) is 0 Å². The molecule has 1 heterocycles. The van der Waals surface area contributed by atoms with Crippen LogP contribution in [-0.4, -0.2) is 26.2 Å². The predicted octanol–water partition coefficient (Wildman–Crippen LogP) is 2.60. The maximum Gasteiger partial charge on any atom is 0.316 e. The number of hydrogen-bond donors (Lipinski definition) is 1. The van der Waals surface area contributed by atoms with E-state index in [1.165, 1.54) is 12.7 Å². The number of carbonyl (C=O) groups is 1. The van der Waals surface area contributed by atoms with Crippen molar-refractivity contribution in [2.45, 2.75) is 38.0 Å². The standard InChI is InChI=1S/C16H23NO2/c1-12(2)13-4-6-14(7-5-13)16(15(18)19-3)8-10-17-11-9-16/h4-7,12,17H,8-11H2,1-3H3. The Kier molecular flexibility index (Phi) is 4.25. The summed E-state index contributed by atoms with van der Waals surface area (Å²) in [5.74, 6) is 0.405. The van der Waals surface area contributed by atoms with Gasteiger partial charge in [0.05, 0.1) is 12.5 Å². The van der Waals surface area contributed by atoms with Crippen LogP contribution in [0.1, 0.15) is 43.7 Å². The Hall–Kier alpha value is -1.35. The minimum absolute atomic E-state index is 0.105. The Balaban J connectivity index is 2.35. The van der Waals surface area contributed by atoms with Gasteiger partial charge in [-0.1, -0.05) is 38.1 Å². The fourth-order valence-corrected chi connectivity index (χ4v) is 2.85. The number of rotatable bonds is 3. The van der Waals surface area contributed by atoms with E-state index in [4.69, 9.17) is 4.74 Å². The van der Waals surface area contributed by atoms with Crippen molar-refractivity contribution in [3.05, 3.63) is 35.4 Å². The predicted molar refractivity (Wildman–Crippen MR) is 76.3 cm³/mol. The van der Waals surface area contributed by atoms with Gasteiger partial charge < -0.3 is 10.1 Å². The third-order valence-electron chi connectivity index (χ3n) is 4.16. The van der Waals surface area contributed by atoms with E-state index in [-0.39, 0.29) is 5.97 Å². The minimum atomic E-state index is -0.463. The molecule has 3 heteroatoms. The van der Waals surface area contributed by atoms with Gasteiger partial charge in [0, 0.05) is 0 Å². The highest BCUT2D eigenvalue weighted by Gasteiger charge is 2.42. The lowest BCUT2D eigenvalue weighted by Crippen LogP contribution is -2.46. The lowest BCUT2D eigenvalue weighted by atomic mass is 9.73. The van der Waals surface area contributed by atoms with Gasteiger partial charge in [-0.15, -0.1) is 0 Å². The molecule has 1 aliphatic heterocycles. The molecule has 2 rings (SSSR count). The van der Waals surface area contributed by atoms with Crippen molar-refractivity contribution in [1.82, 2.24) is 5.32 Å². The van der Waals surface area contributed by atoms with Crippen molar-refractivity contribution in [3.63, 3.8) is 0 Å². The first-order valence-corrected chi connectivity index (χ1v) is 7.00. The van der Waals surface area contributed by atoms with Crippen LogP contribution in [0.2, 0.25) is 0 Å².